The number of phenols is 1. The Bertz CT molecular complexity index is 698. The van der Waals surface area contributed by atoms with Crippen molar-refractivity contribution in [2.45, 2.75) is 19.9 Å². The van der Waals surface area contributed by atoms with Gasteiger partial charge in [-0.3, -0.25) is 4.79 Å². The standard InChI is InChI=1S/C14H15FN4O2/c1-8-17-18-13-4-9(7-19(8)13)6-16-14(21)11-3-2-10(15)5-12(11)20/h2-3,5,9,20H,4,6-7H2,1H3,(H,16,21). The Morgan fingerprint density at radius 1 is 1.52 bits per heavy atom. The molecule has 0 aliphatic carbocycles. The van der Waals surface area contributed by atoms with Gasteiger partial charge in [-0.2, -0.15) is 0 Å². The van der Waals surface area contributed by atoms with Gasteiger partial charge in [0, 0.05) is 31.5 Å². The summed E-state index contributed by atoms with van der Waals surface area (Å²) in [5.41, 5.74) is 0.0741. The van der Waals surface area contributed by atoms with Crippen molar-refractivity contribution in [3.8, 4) is 5.75 Å². The maximum atomic E-state index is 12.9. The first-order valence-corrected chi connectivity index (χ1v) is 6.70. The molecule has 2 heterocycles. The van der Waals surface area contributed by atoms with Gasteiger partial charge in [0.25, 0.3) is 5.91 Å². The highest BCUT2D eigenvalue weighted by atomic mass is 19.1. The third kappa shape index (κ3) is 2.58. The third-order valence-corrected chi connectivity index (χ3v) is 3.68. The first-order chi connectivity index (χ1) is 10.0. The zero-order valence-electron chi connectivity index (χ0n) is 11.5. The van der Waals surface area contributed by atoms with Gasteiger partial charge in [-0.25, -0.2) is 4.39 Å². The van der Waals surface area contributed by atoms with E-state index < -0.39 is 11.7 Å². The van der Waals surface area contributed by atoms with E-state index in [0.29, 0.717) is 6.54 Å². The predicted octanol–water partition coefficient (Wildman–Crippen LogP) is 1.03. The lowest BCUT2D eigenvalue weighted by atomic mass is 10.1. The van der Waals surface area contributed by atoms with Crippen molar-refractivity contribution in [2.75, 3.05) is 6.54 Å². The molecule has 1 unspecified atom stereocenters. The van der Waals surface area contributed by atoms with Gasteiger partial charge < -0.3 is 15.0 Å². The summed E-state index contributed by atoms with van der Waals surface area (Å²) in [7, 11) is 0. The minimum absolute atomic E-state index is 0.0741. The van der Waals surface area contributed by atoms with Crippen LogP contribution in [0.5, 0.6) is 5.75 Å². The maximum Gasteiger partial charge on any atom is 0.255 e. The topological polar surface area (TPSA) is 80.0 Å². The monoisotopic (exact) mass is 290 g/mol. The summed E-state index contributed by atoms with van der Waals surface area (Å²) >= 11 is 0. The van der Waals surface area contributed by atoms with E-state index in [1.807, 2.05) is 11.5 Å². The average Bonchev–Trinajstić information content (AvgIpc) is 2.98. The molecule has 0 saturated carbocycles. The minimum atomic E-state index is -0.576. The second-order valence-electron chi connectivity index (χ2n) is 5.22. The molecule has 2 aromatic rings. The van der Waals surface area contributed by atoms with Crippen LogP contribution in [-0.4, -0.2) is 32.3 Å². The van der Waals surface area contributed by atoms with Crippen LogP contribution in [0, 0.1) is 18.7 Å². The molecule has 1 aliphatic rings. The molecule has 1 aromatic heterocycles. The molecule has 1 aliphatic heterocycles. The van der Waals surface area contributed by atoms with Crippen LogP contribution in [0.3, 0.4) is 0 Å². The summed E-state index contributed by atoms with van der Waals surface area (Å²) in [6.45, 7) is 3.14. The minimum Gasteiger partial charge on any atom is -0.507 e. The van der Waals surface area contributed by atoms with Crippen molar-refractivity contribution < 1.29 is 14.3 Å². The van der Waals surface area contributed by atoms with E-state index in [0.717, 1.165) is 36.7 Å². The molecule has 6 nitrogen and oxygen atoms in total. The highest BCUT2D eigenvalue weighted by molar-refractivity contribution is 5.96. The number of nitrogens with zero attached hydrogens (tertiary/aromatic N) is 3. The average molecular weight is 290 g/mol. The van der Waals surface area contributed by atoms with E-state index in [1.54, 1.807) is 0 Å². The zero-order chi connectivity index (χ0) is 15.0. The molecule has 0 radical (unpaired) electrons. The molecule has 1 amide bonds. The van der Waals surface area contributed by atoms with Crippen LogP contribution >= 0.6 is 0 Å². The zero-order valence-corrected chi connectivity index (χ0v) is 11.5. The van der Waals surface area contributed by atoms with Gasteiger partial charge >= 0.3 is 0 Å². The number of hydrogen-bond donors (Lipinski definition) is 2. The Kier molecular flexibility index (Phi) is 3.32. The fourth-order valence-corrected chi connectivity index (χ4v) is 2.56. The molecule has 0 bridgehead atoms. The molecule has 7 heteroatoms. The second kappa shape index (κ2) is 5.16. The van der Waals surface area contributed by atoms with E-state index >= 15 is 0 Å². The number of aromatic hydroxyl groups is 1. The van der Waals surface area contributed by atoms with Crippen LogP contribution < -0.4 is 5.32 Å². The fraction of sp³-hybridized carbons (Fsp3) is 0.357. The number of hydrogen-bond acceptors (Lipinski definition) is 4. The van der Waals surface area contributed by atoms with E-state index in [-0.39, 0.29) is 17.2 Å². The molecule has 1 aromatic carbocycles. The number of carbonyl (C=O) groups is 1. The smallest absolute Gasteiger partial charge is 0.255 e. The first-order valence-electron chi connectivity index (χ1n) is 6.70. The van der Waals surface area contributed by atoms with E-state index in [2.05, 4.69) is 15.5 Å². The Morgan fingerprint density at radius 2 is 2.33 bits per heavy atom. The fourth-order valence-electron chi connectivity index (χ4n) is 2.56. The Morgan fingerprint density at radius 3 is 3.05 bits per heavy atom. The lowest BCUT2D eigenvalue weighted by Crippen LogP contribution is -2.30. The van der Waals surface area contributed by atoms with Gasteiger partial charge in [-0.05, 0) is 19.1 Å². The second-order valence-corrected chi connectivity index (χ2v) is 5.22. The van der Waals surface area contributed by atoms with Crippen LogP contribution in [0.4, 0.5) is 4.39 Å². The molecule has 3 rings (SSSR count). The van der Waals surface area contributed by atoms with Crippen molar-refractivity contribution in [1.29, 1.82) is 0 Å². The summed E-state index contributed by atoms with van der Waals surface area (Å²) in [6.07, 6.45) is 0.760. The number of aryl methyl sites for hydroxylation is 1. The quantitative estimate of drug-likeness (QED) is 0.885. The third-order valence-electron chi connectivity index (χ3n) is 3.68. The molecule has 110 valence electrons. The highest BCUT2D eigenvalue weighted by Crippen LogP contribution is 2.21. The molecule has 2 N–H and O–H groups in total. The van der Waals surface area contributed by atoms with Gasteiger partial charge in [-0.1, -0.05) is 0 Å². The van der Waals surface area contributed by atoms with Gasteiger partial charge in [0.2, 0.25) is 0 Å². The van der Waals surface area contributed by atoms with E-state index in [9.17, 15) is 14.3 Å². The Hall–Kier alpha value is -2.44. The van der Waals surface area contributed by atoms with Crippen molar-refractivity contribution in [2.24, 2.45) is 5.92 Å². The van der Waals surface area contributed by atoms with Gasteiger partial charge in [-0.15, -0.1) is 10.2 Å². The van der Waals surface area contributed by atoms with Crippen LogP contribution in [0.25, 0.3) is 0 Å². The Balaban J connectivity index is 1.60. The normalized spacial score (nSPS) is 16.8. The SMILES string of the molecule is Cc1nnc2n1CC(CNC(=O)c1ccc(F)cc1O)C2. The van der Waals surface area contributed by atoms with Crippen molar-refractivity contribution in [3.63, 3.8) is 0 Å². The largest absolute Gasteiger partial charge is 0.507 e. The number of phenolic OH excluding ortho intramolecular Hbond substituents is 1. The summed E-state index contributed by atoms with van der Waals surface area (Å²) in [4.78, 5) is 12.0. The maximum absolute atomic E-state index is 12.9. The summed E-state index contributed by atoms with van der Waals surface area (Å²) in [6, 6.07) is 3.35. The van der Waals surface area contributed by atoms with Crippen LogP contribution in [-0.2, 0) is 13.0 Å². The lowest BCUT2D eigenvalue weighted by Gasteiger charge is -2.11. The van der Waals surface area contributed by atoms with Gasteiger partial charge in [0.05, 0.1) is 5.56 Å². The highest BCUT2D eigenvalue weighted by Gasteiger charge is 2.25. The van der Waals surface area contributed by atoms with Crippen LogP contribution in [0.2, 0.25) is 0 Å². The number of aromatic nitrogens is 3. The lowest BCUT2D eigenvalue weighted by molar-refractivity contribution is 0.0944. The van der Waals surface area contributed by atoms with E-state index in [1.165, 1.54) is 6.07 Å². The number of nitrogens with one attached hydrogen (secondary N) is 1. The predicted molar refractivity (Wildman–Crippen MR) is 72.4 cm³/mol. The molecular weight excluding hydrogens is 275 g/mol. The number of fused-ring (bicyclic) bond motifs is 1. The van der Waals surface area contributed by atoms with Gasteiger partial charge in [0.1, 0.15) is 23.2 Å². The van der Waals surface area contributed by atoms with Crippen molar-refractivity contribution in [3.05, 3.63) is 41.2 Å². The number of benzene rings is 1. The summed E-state index contributed by atoms with van der Waals surface area (Å²) in [5, 5.41) is 20.4. The molecule has 0 fully saturated rings. The van der Waals surface area contributed by atoms with Gasteiger partial charge in [0.15, 0.2) is 0 Å². The number of rotatable bonds is 3. The molecule has 1 atom stereocenters. The molecule has 0 spiro atoms. The van der Waals surface area contributed by atoms with Crippen molar-refractivity contribution in [1.82, 2.24) is 20.1 Å². The van der Waals surface area contributed by atoms with E-state index in [4.69, 9.17) is 0 Å². The molecule has 0 saturated heterocycles. The summed E-state index contributed by atoms with van der Waals surface area (Å²) in [5.74, 6) is 0.708. The number of halogens is 1. The Labute approximate surface area is 120 Å². The molecular formula is C14H15FN4O2. The van der Waals surface area contributed by atoms with Crippen LogP contribution in [0.15, 0.2) is 18.2 Å². The number of amides is 1. The number of carbonyl (C=O) groups excluding carboxylic acids is 1. The summed E-state index contributed by atoms with van der Waals surface area (Å²) < 4.78 is 14.9. The first kappa shape index (κ1) is 13.5. The van der Waals surface area contributed by atoms with Crippen molar-refractivity contribution >= 4 is 5.91 Å². The molecule has 21 heavy (non-hydrogen) atoms. The van der Waals surface area contributed by atoms with Crippen LogP contribution in [0.1, 0.15) is 22.0 Å².